The van der Waals surface area contributed by atoms with Gasteiger partial charge in [-0.15, -0.1) is 10.2 Å². The first-order valence-corrected chi connectivity index (χ1v) is 11.5. The van der Waals surface area contributed by atoms with E-state index in [1.54, 1.807) is 6.20 Å². The fourth-order valence-electron chi connectivity index (χ4n) is 3.95. The highest BCUT2D eigenvalue weighted by molar-refractivity contribution is 5.76. The van der Waals surface area contributed by atoms with Crippen molar-refractivity contribution in [2.24, 2.45) is 0 Å². The first kappa shape index (κ1) is 21.6. The number of aryl methyl sites for hydroxylation is 1. The van der Waals surface area contributed by atoms with Crippen LogP contribution in [-0.4, -0.2) is 40.4 Å². The molecule has 0 unspecified atom stereocenters. The Hall–Kier alpha value is -4.20. The van der Waals surface area contributed by atoms with Crippen LogP contribution in [0.5, 0.6) is 0 Å². The number of pyridine rings is 1. The summed E-state index contributed by atoms with van der Waals surface area (Å²) >= 11 is 0. The average molecular weight is 451 g/mol. The molecule has 170 valence electrons. The number of benzene rings is 2. The van der Waals surface area contributed by atoms with Crippen LogP contribution in [0.4, 0.5) is 0 Å². The van der Waals surface area contributed by atoms with Crippen molar-refractivity contribution >= 4 is 0 Å². The SMILES string of the molecule is CCCCn1nc(Cc2ccccc2)nc1Cc1ccc(-c2ncccc2-c2nn[nH]n2)cc1. The molecule has 0 radical (unpaired) electrons. The largest absolute Gasteiger partial charge is 0.255 e. The number of hydrogen-bond acceptors (Lipinski definition) is 6. The van der Waals surface area contributed by atoms with Crippen LogP contribution in [-0.2, 0) is 19.4 Å². The Balaban J connectivity index is 1.38. The number of tetrazole rings is 1. The van der Waals surface area contributed by atoms with Gasteiger partial charge in [0.15, 0.2) is 5.82 Å². The Labute approximate surface area is 198 Å². The first-order valence-electron chi connectivity index (χ1n) is 11.5. The second-order valence-electron chi connectivity index (χ2n) is 8.19. The zero-order valence-corrected chi connectivity index (χ0v) is 19.1. The molecule has 0 spiro atoms. The molecule has 0 saturated heterocycles. The van der Waals surface area contributed by atoms with Crippen LogP contribution in [0.1, 0.15) is 42.5 Å². The minimum Gasteiger partial charge on any atom is -0.255 e. The lowest BCUT2D eigenvalue weighted by molar-refractivity contribution is 0.546. The van der Waals surface area contributed by atoms with Crippen LogP contribution in [0, 0.1) is 0 Å². The number of unbranched alkanes of at least 4 members (excludes halogenated alkanes) is 1. The molecule has 0 bridgehead atoms. The number of nitrogens with one attached hydrogen (secondary N) is 1. The van der Waals surface area contributed by atoms with E-state index in [9.17, 15) is 0 Å². The minimum absolute atomic E-state index is 0.530. The normalized spacial score (nSPS) is 11.1. The quantitative estimate of drug-likeness (QED) is 0.355. The lowest BCUT2D eigenvalue weighted by atomic mass is 10.0. The van der Waals surface area contributed by atoms with Gasteiger partial charge in [-0.1, -0.05) is 67.9 Å². The van der Waals surface area contributed by atoms with E-state index in [-0.39, 0.29) is 0 Å². The molecule has 2 aromatic carbocycles. The van der Waals surface area contributed by atoms with Crippen LogP contribution in [0.3, 0.4) is 0 Å². The van der Waals surface area contributed by atoms with Gasteiger partial charge in [0.2, 0.25) is 5.82 Å². The minimum atomic E-state index is 0.530. The zero-order chi connectivity index (χ0) is 23.2. The third kappa shape index (κ3) is 4.91. The van der Waals surface area contributed by atoms with Crippen LogP contribution in [0.2, 0.25) is 0 Å². The smallest absolute Gasteiger partial charge is 0.206 e. The molecule has 0 atom stereocenters. The Morgan fingerprint density at radius 1 is 0.882 bits per heavy atom. The molecule has 0 fully saturated rings. The van der Waals surface area contributed by atoms with Gasteiger partial charge in [0, 0.05) is 36.7 Å². The number of H-pyrrole nitrogens is 1. The number of rotatable bonds is 9. The average Bonchev–Trinajstić information content (AvgIpc) is 3.54. The molecule has 8 heteroatoms. The maximum atomic E-state index is 4.89. The van der Waals surface area contributed by atoms with Gasteiger partial charge < -0.3 is 0 Å². The van der Waals surface area contributed by atoms with Crippen molar-refractivity contribution in [3.05, 3.63) is 95.7 Å². The number of hydrogen-bond donors (Lipinski definition) is 1. The Morgan fingerprint density at radius 2 is 1.71 bits per heavy atom. The van der Waals surface area contributed by atoms with Crippen molar-refractivity contribution in [3.63, 3.8) is 0 Å². The zero-order valence-electron chi connectivity index (χ0n) is 19.1. The van der Waals surface area contributed by atoms with E-state index in [4.69, 9.17) is 10.1 Å². The molecule has 0 amide bonds. The number of aromatic amines is 1. The van der Waals surface area contributed by atoms with Crippen LogP contribution >= 0.6 is 0 Å². The molecular formula is C26H26N8. The molecule has 5 rings (SSSR count). The molecule has 0 aliphatic heterocycles. The maximum absolute atomic E-state index is 4.89. The van der Waals surface area contributed by atoms with Gasteiger partial charge in [0.05, 0.1) is 5.69 Å². The molecule has 0 aliphatic carbocycles. The highest BCUT2D eigenvalue weighted by atomic mass is 15.5. The standard InChI is InChI=1S/C26H26N8/c1-2-3-16-34-24(28-23(31-34)17-19-8-5-4-6-9-19)18-20-11-13-21(14-12-20)25-22(10-7-15-27-25)26-29-32-33-30-26/h4-15H,2-3,16-18H2,1H3,(H,29,30,32,33). The summed E-state index contributed by atoms with van der Waals surface area (Å²) in [5.41, 5.74) is 5.07. The topological polar surface area (TPSA) is 98.1 Å². The van der Waals surface area contributed by atoms with E-state index >= 15 is 0 Å². The van der Waals surface area contributed by atoms with Gasteiger partial charge >= 0.3 is 0 Å². The molecule has 3 heterocycles. The van der Waals surface area contributed by atoms with Crippen LogP contribution < -0.4 is 0 Å². The molecule has 1 N–H and O–H groups in total. The first-order chi connectivity index (χ1) is 16.8. The van der Waals surface area contributed by atoms with Gasteiger partial charge in [-0.05, 0) is 34.9 Å². The monoisotopic (exact) mass is 450 g/mol. The van der Waals surface area contributed by atoms with E-state index in [2.05, 4.69) is 85.7 Å². The highest BCUT2D eigenvalue weighted by Crippen LogP contribution is 2.28. The van der Waals surface area contributed by atoms with Gasteiger partial charge in [-0.3, -0.25) is 4.98 Å². The third-order valence-electron chi connectivity index (χ3n) is 5.70. The lowest BCUT2D eigenvalue weighted by Gasteiger charge is -2.08. The Kier molecular flexibility index (Phi) is 6.47. The summed E-state index contributed by atoms with van der Waals surface area (Å²) in [6.07, 6.45) is 5.45. The summed E-state index contributed by atoms with van der Waals surface area (Å²) in [7, 11) is 0. The molecule has 0 saturated carbocycles. The van der Waals surface area contributed by atoms with E-state index in [1.165, 1.54) is 11.1 Å². The summed E-state index contributed by atoms with van der Waals surface area (Å²) in [5, 5.41) is 19.2. The number of nitrogens with zero attached hydrogens (tertiary/aromatic N) is 7. The molecule has 8 nitrogen and oxygen atoms in total. The van der Waals surface area contributed by atoms with E-state index < -0.39 is 0 Å². The van der Waals surface area contributed by atoms with Crippen molar-refractivity contribution in [1.29, 1.82) is 0 Å². The second-order valence-corrected chi connectivity index (χ2v) is 8.19. The van der Waals surface area contributed by atoms with Crippen molar-refractivity contribution in [2.75, 3.05) is 0 Å². The van der Waals surface area contributed by atoms with E-state index in [0.717, 1.165) is 60.7 Å². The summed E-state index contributed by atoms with van der Waals surface area (Å²) in [4.78, 5) is 9.46. The Bertz CT molecular complexity index is 1330. The predicted molar refractivity (Wildman–Crippen MR) is 130 cm³/mol. The molecular weight excluding hydrogens is 424 g/mol. The van der Waals surface area contributed by atoms with Crippen LogP contribution in [0.25, 0.3) is 22.6 Å². The highest BCUT2D eigenvalue weighted by Gasteiger charge is 2.14. The van der Waals surface area contributed by atoms with Crippen molar-refractivity contribution in [2.45, 2.75) is 39.2 Å². The second kappa shape index (κ2) is 10.2. The summed E-state index contributed by atoms with van der Waals surface area (Å²) < 4.78 is 2.07. The summed E-state index contributed by atoms with van der Waals surface area (Å²) in [6, 6.07) is 22.6. The van der Waals surface area contributed by atoms with Gasteiger partial charge in [-0.25, -0.2) is 9.67 Å². The van der Waals surface area contributed by atoms with Gasteiger partial charge in [0.1, 0.15) is 5.82 Å². The van der Waals surface area contributed by atoms with E-state index in [1.807, 2.05) is 18.2 Å². The summed E-state index contributed by atoms with van der Waals surface area (Å²) in [6.45, 7) is 3.08. The lowest BCUT2D eigenvalue weighted by Crippen LogP contribution is -2.06. The fraction of sp³-hybridized carbons (Fsp3) is 0.231. The maximum Gasteiger partial charge on any atom is 0.206 e. The molecule has 5 aromatic rings. The van der Waals surface area contributed by atoms with Gasteiger partial charge in [0.25, 0.3) is 0 Å². The Morgan fingerprint density at radius 3 is 2.47 bits per heavy atom. The van der Waals surface area contributed by atoms with E-state index in [0.29, 0.717) is 5.82 Å². The fourth-order valence-corrected chi connectivity index (χ4v) is 3.95. The predicted octanol–water partition coefficient (Wildman–Crippen LogP) is 4.50. The molecule has 0 aliphatic rings. The third-order valence-corrected chi connectivity index (χ3v) is 5.70. The van der Waals surface area contributed by atoms with Crippen molar-refractivity contribution in [3.8, 4) is 22.6 Å². The van der Waals surface area contributed by atoms with Crippen molar-refractivity contribution < 1.29 is 0 Å². The van der Waals surface area contributed by atoms with Gasteiger partial charge in [-0.2, -0.15) is 10.3 Å². The molecule has 3 aromatic heterocycles. The van der Waals surface area contributed by atoms with Crippen LogP contribution in [0.15, 0.2) is 72.9 Å². The molecule has 34 heavy (non-hydrogen) atoms. The number of aromatic nitrogens is 8. The summed E-state index contributed by atoms with van der Waals surface area (Å²) in [5.74, 6) is 2.40. The van der Waals surface area contributed by atoms with Crippen molar-refractivity contribution in [1.82, 2.24) is 40.4 Å².